The molecule has 3 heteroatoms. The highest BCUT2D eigenvalue weighted by molar-refractivity contribution is 5.78. The number of hydrogen-bond acceptors (Lipinski definition) is 1. The van der Waals surface area contributed by atoms with Crippen molar-refractivity contribution in [2.45, 2.75) is 50.9 Å². The van der Waals surface area contributed by atoms with Crippen LogP contribution >= 0.6 is 0 Å². The number of carbonyl (C=O) groups is 1. The van der Waals surface area contributed by atoms with Gasteiger partial charge in [-0.15, -0.1) is 0 Å². The van der Waals surface area contributed by atoms with Gasteiger partial charge in [-0.3, -0.25) is 0 Å². The van der Waals surface area contributed by atoms with Crippen molar-refractivity contribution < 1.29 is 4.79 Å². The van der Waals surface area contributed by atoms with Gasteiger partial charge in [0.2, 0.25) is 0 Å². The monoisotopic (exact) mass is 320 g/mol. The molecule has 3 nitrogen and oxygen atoms in total. The van der Waals surface area contributed by atoms with Gasteiger partial charge in [0.05, 0.1) is 12.1 Å². The van der Waals surface area contributed by atoms with Crippen LogP contribution in [0.3, 0.4) is 0 Å². The Morgan fingerprint density at radius 3 is 1.54 bits per heavy atom. The molecule has 0 spiro atoms. The molecule has 1 heterocycles. The van der Waals surface area contributed by atoms with Crippen LogP contribution in [0.15, 0.2) is 60.7 Å². The van der Waals surface area contributed by atoms with Gasteiger partial charge in [0.1, 0.15) is 0 Å². The Labute approximate surface area is 143 Å². The Hall–Kier alpha value is -2.29. The lowest BCUT2D eigenvalue weighted by molar-refractivity contribution is 0.181. The summed E-state index contributed by atoms with van der Waals surface area (Å²) in [6, 6.07) is 21.7. The molecular weight excluding hydrogens is 296 g/mol. The number of hydrogen-bond donors (Lipinski definition) is 0. The third-order valence-corrected chi connectivity index (χ3v) is 5.38. The van der Waals surface area contributed by atoms with E-state index in [0.717, 1.165) is 25.9 Å². The van der Waals surface area contributed by atoms with E-state index in [-0.39, 0.29) is 6.03 Å². The normalized spacial score (nSPS) is 23.4. The van der Waals surface area contributed by atoms with Gasteiger partial charge in [-0.2, -0.15) is 0 Å². The number of benzene rings is 2. The molecule has 2 aromatic carbocycles. The minimum atomic E-state index is 0.208. The van der Waals surface area contributed by atoms with Gasteiger partial charge < -0.3 is 9.80 Å². The van der Waals surface area contributed by atoms with Crippen LogP contribution in [-0.4, -0.2) is 27.9 Å². The molecule has 1 aliphatic carbocycles. The maximum atomic E-state index is 13.1. The van der Waals surface area contributed by atoms with E-state index in [2.05, 4.69) is 58.3 Å². The fraction of sp³-hybridized carbons (Fsp3) is 0.381. The average molecular weight is 320 g/mol. The number of urea groups is 1. The van der Waals surface area contributed by atoms with Crippen molar-refractivity contribution >= 4 is 6.03 Å². The van der Waals surface area contributed by atoms with E-state index in [4.69, 9.17) is 0 Å². The van der Waals surface area contributed by atoms with Crippen molar-refractivity contribution in [3.8, 4) is 0 Å². The first-order valence-corrected chi connectivity index (χ1v) is 8.98. The molecule has 0 bridgehead atoms. The lowest BCUT2D eigenvalue weighted by Crippen LogP contribution is -2.39. The fourth-order valence-corrected chi connectivity index (χ4v) is 4.20. The minimum absolute atomic E-state index is 0.208. The van der Waals surface area contributed by atoms with E-state index < -0.39 is 0 Å². The summed E-state index contributed by atoms with van der Waals surface area (Å²) in [5.74, 6) is 0. The second kappa shape index (κ2) is 6.68. The summed E-state index contributed by atoms with van der Waals surface area (Å²) in [4.78, 5) is 17.4. The molecule has 1 aliphatic heterocycles. The van der Waals surface area contributed by atoms with Crippen LogP contribution in [0, 0.1) is 0 Å². The smallest absolute Gasteiger partial charge is 0.315 e. The van der Waals surface area contributed by atoms with Gasteiger partial charge in [-0.1, -0.05) is 73.5 Å². The molecule has 2 atom stereocenters. The van der Waals surface area contributed by atoms with Gasteiger partial charge in [0, 0.05) is 13.1 Å². The first-order valence-electron chi connectivity index (χ1n) is 8.98. The third-order valence-electron chi connectivity index (χ3n) is 5.38. The van der Waals surface area contributed by atoms with Crippen LogP contribution < -0.4 is 0 Å². The molecule has 2 fully saturated rings. The van der Waals surface area contributed by atoms with Gasteiger partial charge in [0.25, 0.3) is 0 Å². The van der Waals surface area contributed by atoms with E-state index in [9.17, 15) is 4.79 Å². The van der Waals surface area contributed by atoms with Crippen LogP contribution in [0.25, 0.3) is 0 Å². The maximum absolute atomic E-state index is 13.1. The fourth-order valence-electron chi connectivity index (χ4n) is 4.20. The molecule has 24 heavy (non-hydrogen) atoms. The Kier molecular flexibility index (Phi) is 4.24. The highest BCUT2D eigenvalue weighted by atomic mass is 16.2. The summed E-state index contributed by atoms with van der Waals surface area (Å²) in [6.07, 6.45) is 4.74. The first-order chi connectivity index (χ1) is 11.8. The standard InChI is InChI=1S/C21H24N2O/c24-21-22(15-17-9-3-1-4-10-17)19-13-7-8-14-20(19)23(21)16-18-11-5-2-6-12-18/h1-6,9-12,19-20H,7-8,13-16H2/t19-,20+. The topological polar surface area (TPSA) is 23.6 Å². The third kappa shape index (κ3) is 2.91. The summed E-state index contributed by atoms with van der Waals surface area (Å²) >= 11 is 0. The van der Waals surface area contributed by atoms with Crippen LogP contribution in [-0.2, 0) is 13.1 Å². The maximum Gasteiger partial charge on any atom is 0.321 e. The predicted octanol–water partition coefficient (Wildman–Crippen LogP) is 4.44. The SMILES string of the molecule is O=C1N(Cc2ccccc2)[C@@H]2CCCC[C@@H]2N1Cc1ccccc1. The lowest BCUT2D eigenvalue weighted by atomic mass is 9.90. The van der Waals surface area contributed by atoms with E-state index in [1.165, 1.54) is 24.0 Å². The van der Waals surface area contributed by atoms with Gasteiger partial charge in [-0.05, 0) is 24.0 Å². The quantitative estimate of drug-likeness (QED) is 0.817. The summed E-state index contributed by atoms with van der Waals surface area (Å²) < 4.78 is 0. The Morgan fingerprint density at radius 1 is 0.708 bits per heavy atom. The molecule has 2 aromatic rings. The highest BCUT2D eigenvalue weighted by Crippen LogP contribution is 2.36. The second-order valence-corrected chi connectivity index (χ2v) is 6.93. The van der Waals surface area contributed by atoms with Crippen molar-refractivity contribution in [1.29, 1.82) is 0 Å². The molecule has 4 rings (SSSR count). The molecular formula is C21H24N2O. The molecule has 124 valence electrons. The van der Waals surface area contributed by atoms with Gasteiger partial charge in [-0.25, -0.2) is 4.79 Å². The Morgan fingerprint density at radius 2 is 1.12 bits per heavy atom. The molecule has 1 saturated heterocycles. The molecule has 0 aromatic heterocycles. The predicted molar refractivity (Wildman–Crippen MR) is 95.4 cm³/mol. The zero-order chi connectivity index (χ0) is 16.4. The molecule has 2 amide bonds. The van der Waals surface area contributed by atoms with E-state index in [1.54, 1.807) is 0 Å². The number of rotatable bonds is 4. The minimum Gasteiger partial charge on any atom is -0.315 e. The number of carbonyl (C=O) groups excluding carboxylic acids is 1. The van der Waals surface area contributed by atoms with E-state index >= 15 is 0 Å². The zero-order valence-electron chi connectivity index (χ0n) is 14.0. The molecule has 0 unspecified atom stereocenters. The number of amides is 2. The van der Waals surface area contributed by atoms with Crippen molar-refractivity contribution in [3.63, 3.8) is 0 Å². The molecule has 1 saturated carbocycles. The van der Waals surface area contributed by atoms with E-state index in [1.807, 2.05) is 12.1 Å². The van der Waals surface area contributed by atoms with Gasteiger partial charge >= 0.3 is 6.03 Å². The largest absolute Gasteiger partial charge is 0.321 e. The van der Waals surface area contributed by atoms with Crippen molar-refractivity contribution in [1.82, 2.24) is 9.80 Å². The van der Waals surface area contributed by atoms with Crippen LogP contribution in [0.5, 0.6) is 0 Å². The first kappa shape index (κ1) is 15.3. The Bertz CT molecular complexity index is 626. The highest BCUT2D eigenvalue weighted by Gasteiger charge is 2.46. The molecule has 0 N–H and O–H groups in total. The van der Waals surface area contributed by atoms with Gasteiger partial charge in [0.15, 0.2) is 0 Å². The lowest BCUT2D eigenvalue weighted by Gasteiger charge is -2.32. The van der Waals surface area contributed by atoms with Crippen molar-refractivity contribution in [2.75, 3.05) is 0 Å². The second-order valence-electron chi connectivity index (χ2n) is 6.93. The summed E-state index contributed by atoms with van der Waals surface area (Å²) in [5, 5.41) is 0. The van der Waals surface area contributed by atoms with Crippen LogP contribution in [0.1, 0.15) is 36.8 Å². The Balaban J connectivity index is 1.57. The average Bonchev–Trinajstić information content (AvgIpc) is 2.90. The van der Waals surface area contributed by atoms with E-state index in [0.29, 0.717) is 12.1 Å². The summed E-state index contributed by atoms with van der Waals surface area (Å²) in [5.41, 5.74) is 2.44. The van der Waals surface area contributed by atoms with Crippen molar-refractivity contribution in [2.24, 2.45) is 0 Å². The van der Waals surface area contributed by atoms with Crippen LogP contribution in [0.2, 0.25) is 0 Å². The summed E-state index contributed by atoms with van der Waals surface area (Å²) in [6.45, 7) is 1.46. The number of fused-ring (bicyclic) bond motifs is 1. The summed E-state index contributed by atoms with van der Waals surface area (Å²) in [7, 11) is 0. The molecule has 0 radical (unpaired) electrons. The molecule has 2 aliphatic rings. The van der Waals surface area contributed by atoms with Crippen molar-refractivity contribution in [3.05, 3.63) is 71.8 Å². The zero-order valence-corrected chi connectivity index (χ0v) is 14.0. The number of nitrogens with zero attached hydrogens (tertiary/aromatic N) is 2. The van der Waals surface area contributed by atoms with Crippen LogP contribution in [0.4, 0.5) is 4.79 Å².